The summed E-state index contributed by atoms with van der Waals surface area (Å²) in [6.07, 6.45) is 2.92. The number of ether oxygens (including phenoxy) is 3. The third-order valence-corrected chi connectivity index (χ3v) is 6.43. The number of likely N-dealkylation sites (tertiary alicyclic amines) is 1. The number of methoxy groups -OCH3 is 3. The summed E-state index contributed by atoms with van der Waals surface area (Å²) in [5.74, 6) is 1.69. The van der Waals surface area contributed by atoms with Crippen molar-refractivity contribution < 1.29 is 23.8 Å². The Labute approximate surface area is 188 Å². The van der Waals surface area contributed by atoms with Gasteiger partial charge in [0.1, 0.15) is 5.75 Å². The molecular weight excluding hydrogens is 408 g/mol. The molecule has 7 nitrogen and oxygen atoms in total. The summed E-state index contributed by atoms with van der Waals surface area (Å²) in [5, 5.41) is 0. The fourth-order valence-corrected chi connectivity index (χ4v) is 4.79. The lowest BCUT2D eigenvalue weighted by Gasteiger charge is -2.42. The zero-order valence-electron chi connectivity index (χ0n) is 18.9. The molecule has 2 aliphatic heterocycles. The summed E-state index contributed by atoms with van der Waals surface area (Å²) >= 11 is 0. The highest BCUT2D eigenvalue weighted by Gasteiger charge is 2.43. The second-order valence-corrected chi connectivity index (χ2v) is 8.20. The van der Waals surface area contributed by atoms with E-state index in [1.54, 1.807) is 26.2 Å². The molecule has 170 valence electrons. The first-order valence-electron chi connectivity index (χ1n) is 11.0. The number of hydrogen-bond acceptors (Lipinski definition) is 5. The van der Waals surface area contributed by atoms with E-state index >= 15 is 0 Å². The Bertz CT molecular complexity index is 969. The lowest BCUT2D eigenvalue weighted by molar-refractivity contribution is -0.137. The monoisotopic (exact) mass is 438 g/mol. The summed E-state index contributed by atoms with van der Waals surface area (Å²) < 4.78 is 16.2. The van der Waals surface area contributed by atoms with Crippen molar-refractivity contribution in [2.75, 3.05) is 39.3 Å². The highest BCUT2D eigenvalue weighted by Crippen LogP contribution is 2.43. The first kappa shape index (κ1) is 22.0. The normalized spacial score (nSPS) is 20.9. The van der Waals surface area contributed by atoms with E-state index in [4.69, 9.17) is 14.2 Å². The molecule has 7 heteroatoms. The number of carbonyl (C=O) groups is 2. The molecule has 2 saturated heterocycles. The fourth-order valence-electron chi connectivity index (χ4n) is 4.79. The van der Waals surface area contributed by atoms with Crippen LogP contribution in [0.1, 0.15) is 37.3 Å². The lowest BCUT2D eigenvalue weighted by Crippen LogP contribution is -2.48. The van der Waals surface area contributed by atoms with Crippen molar-refractivity contribution in [3.8, 4) is 17.2 Å². The SMILES string of the molecule is COc1ccc(N2C(=O)CC[C@@H](C(=O)N3CCCC3)[C@@H]2c2ccc(OC)c(OC)c2)cc1. The van der Waals surface area contributed by atoms with E-state index < -0.39 is 6.04 Å². The van der Waals surface area contributed by atoms with Gasteiger partial charge in [0.05, 0.1) is 33.3 Å². The van der Waals surface area contributed by atoms with Crippen LogP contribution in [0.2, 0.25) is 0 Å². The zero-order chi connectivity index (χ0) is 22.7. The molecule has 2 aromatic carbocycles. The Kier molecular flexibility index (Phi) is 6.53. The quantitative estimate of drug-likeness (QED) is 0.686. The van der Waals surface area contributed by atoms with E-state index in [-0.39, 0.29) is 17.7 Å². The van der Waals surface area contributed by atoms with Gasteiger partial charge in [-0.25, -0.2) is 0 Å². The molecule has 0 aromatic heterocycles. The minimum absolute atomic E-state index is 0.000392. The van der Waals surface area contributed by atoms with Crippen LogP contribution < -0.4 is 19.1 Å². The smallest absolute Gasteiger partial charge is 0.228 e. The largest absolute Gasteiger partial charge is 0.497 e. The van der Waals surface area contributed by atoms with E-state index in [0.717, 1.165) is 37.2 Å². The average Bonchev–Trinajstić information content (AvgIpc) is 3.38. The number of amides is 2. The van der Waals surface area contributed by atoms with Gasteiger partial charge in [-0.1, -0.05) is 6.07 Å². The Morgan fingerprint density at radius 2 is 1.59 bits per heavy atom. The maximum absolute atomic E-state index is 13.6. The van der Waals surface area contributed by atoms with Crippen molar-refractivity contribution in [1.29, 1.82) is 0 Å². The van der Waals surface area contributed by atoms with E-state index in [1.165, 1.54) is 0 Å². The molecule has 0 radical (unpaired) electrons. The molecule has 32 heavy (non-hydrogen) atoms. The van der Waals surface area contributed by atoms with Crippen LogP contribution in [0.3, 0.4) is 0 Å². The van der Waals surface area contributed by atoms with Crippen LogP contribution in [0.5, 0.6) is 17.2 Å². The van der Waals surface area contributed by atoms with Gasteiger partial charge in [-0.3, -0.25) is 9.59 Å². The molecule has 2 atom stereocenters. The molecule has 0 N–H and O–H groups in total. The Balaban J connectivity index is 1.80. The molecule has 4 rings (SSSR count). The van der Waals surface area contributed by atoms with Gasteiger partial charge in [-0.15, -0.1) is 0 Å². The molecule has 2 aromatic rings. The first-order chi connectivity index (χ1) is 15.6. The van der Waals surface area contributed by atoms with Gasteiger partial charge in [0, 0.05) is 25.2 Å². The number of piperidine rings is 1. The lowest BCUT2D eigenvalue weighted by atomic mass is 9.82. The molecule has 0 saturated carbocycles. The fraction of sp³-hybridized carbons (Fsp3) is 0.440. The van der Waals surface area contributed by atoms with Crippen LogP contribution in [0.25, 0.3) is 0 Å². The number of rotatable bonds is 6. The molecule has 2 aliphatic rings. The zero-order valence-corrected chi connectivity index (χ0v) is 18.9. The Hall–Kier alpha value is -3.22. The number of hydrogen-bond donors (Lipinski definition) is 0. The minimum Gasteiger partial charge on any atom is -0.497 e. The Morgan fingerprint density at radius 1 is 0.906 bits per heavy atom. The molecule has 0 bridgehead atoms. The standard InChI is InChI=1S/C25H30N2O5/c1-30-19-9-7-18(8-10-19)27-23(28)13-11-20(25(29)26-14-4-5-15-26)24(27)17-6-12-21(31-2)22(16-17)32-3/h6-10,12,16,20,24H,4-5,11,13-15H2,1-3H3/t20-,24+/m1/s1. The van der Waals surface area contributed by atoms with Crippen molar-refractivity contribution >= 4 is 17.5 Å². The number of nitrogens with zero attached hydrogens (tertiary/aromatic N) is 2. The van der Waals surface area contributed by atoms with Crippen LogP contribution in [-0.4, -0.2) is 51.1 Å². The average molecular weight is 439 g/mol. The molecule has 2 heterocycles. The summed E-state index contributed by atoms with van der Waals surface area (Å²) in [6, 6.07) is 12.6. The molecule has 2 amide bonds. The minimum atomic E-state index is -0.433. The van der Waals surface area contributed by atoms with Crippen molar-refractivity contribution in [2.24, 2.45) is 5.92 Å². The van der Waals surface area contributed by atoms with E-state index in [1.807, 2.05) is 47.4 Å². The number of carbonyl (C=O) groups excluding carboxylic acids is 2. The van der Waals surface area contributed by atoms with Crippen LogP contribution in [0.15, 0.2) is 42.5 Å². The maximum Gasteiger partial charge on any atom is 0.228 e. The van der Waals surface area contributed by atoms with E-state index in [0.29, 0.717) is 30.1 Å². The topological polar surface area (TPSA) is 68.3 Å². The van der Waals surface area contributed by atoms with Crippen molar-refractivity contribution in [3.63, 3.8) is 0 Å². The van der Waals surface area contributed by atoms with Crippen LogP contribution >= 0.6 is 0 Å². The third kappa shape index (κ3) is 4.11. The third-order valence-electron chi connectivity index (χ3n) is 6.43. The van der Waals surface area contributed by atoms with Crippen LogP contribution in [-0.2, 0) is 9.59 Å². The predicted molar refractivity (Wildman–Crippen MR) is 121 cm³/mol. The highest BCUT2D eigenvalue weighted by atomic mass is 16.5. The number of benzene rings is 2. The molecule has 0 unspecified atom stereocenters. The van der Waals surface area contributed by atoms with E-state index in [2.05, 4.69) is 0 Å². The van der Waals surface area contributed by atoms with Gasteiger partial charge in [0.2, 0.25) is 11.8 Å². The number of anilines is 1. The van der Waals surface area contributed by atoms with Gasteiger partial charge in [-0.05, 0) is 61.2 Å². The van der Waals surface area contributed by atoms with Gasteiger partial charge < -0.3 is 24.0 Å². The molecule has 2 fully saturated rings. The van der Waals surface area contributed by atoms with Gasteiger partial charge >= 0.3 is 0 Å². The summed E-state index contributed by atoms with van der Waals surface area (Å²) in [5.41, 5.74) is 1.60. The summed E-state index contributed by atoms with van der Waals surface area (Å²) in [4.78, 5) is 30.5. The van der Waals surface area contributed by atoms with Crippen molar-refractivity contribution in [2.45, 2.75) is 31.7 Å². The van der Waals surface area contributed by atoms with Gasteiger partial charge in [0.15, 0.2) is 11.5 Å². The molecular formula is C25H30N2O5. The molecule has 0 spiro atoms. The van der Waals surface area contributed by atoms with Crippen LogP contribution in [0.4, 0.5) is 5.69 Å². The highest BCUT2D eigenvalue weighted by molar-refractivity contribution is 5.97. The van der Waals surface area contributed by atoms with E-state index in [9.17, 15) is 9.59 Å². The predicted octanol–water partition coefficient (Wildman–Crippen LogP) is 3.82. The summed E-state index contributed by atoms with van der Waals surface area (Å²) in [7, 11) is 4.78. The van der Waals surface area contributed by atoms with Crippen molar-refractivity contribution in [3.05, 3.63) is 48.0 Å². The second-order valence-electron chi connectivity index (χ2n) is 8.20. The summed E-state index contributed by atoms with van der Waals surface area (Å²) in [6.45, 7) is 1.56. The maximum atomic E-state index is 13.6. The second kappa shape index (κ2) is 9.51. The first-order valence-corrected chi connectivity index (χ1v) is 11.0. The molecule has 0 aliphatic carbocycles. The van der Waals surface area contributed by atoms with Gasteiger partial charge in [0.25, 0.3) is 0 Å². The van der Waals surface area contributed by atoms with Crippen molar-refractivity contribution in [1.82, 2.24) is 4.90 Å². The van der Waals surface area contributed by atoms with Gasteiger partial charge in [-0.2, -0.15) is 0 Å². The Morgan fingerprint density at radius 3 is 2.22 bits per heavy atom. The van der Waals surface area contributed by atoms with Crippen LogP contribution in [0, 0.1) is 5.92 Å².